The summed E-state index contributed by atoms with van der Waals surface area (Å²) in [6.07, 6.45) is 2.77. The van der Waals surface area contributed by atoms with Gasteiger partial charge in [0.15, 0.2) is 6.10 Å². The molecule has 0 amide bonds. The highest BCUT2D eigenvalue weighted by Crippen LogP contribution is 2.33. The predicted molar refractivity (Wildman–Crippen MR) is 107 cm³/mol. The molecule has 0 radical (unpaired) electrons. The van der Waals surface area contributed by atoms with Gasteiger partial charge in [-0.25, -0.2) is 9.59 Å². The molecule has 7 heteroatoms. The molecule has 1 rings (SSSR count). The van der Waals surface area contributed by atoms with Crippen molar-refractivity contribution in [3.63, 3.8) is 0 Å². The number of rotatable bonds is 7. The highest BCUT2D eigenvalue weighted by molar-refractivity contribution is 6.02. The van der Waals surface area contributed by atoms with E-state index in [1.807, 2.05) is 13.8 Å². The first kappa shape index (κ1) is 24.3. The highest BCUT2D eigenvalue weighted by Gasteiger charge is 2.45. The van der Waals surface area contributed by atoms with Gasteiger partial charge in [-0.2, -0.15) is 0 Å². The molecule has 0 aromatic rings. The normalized spacial score (nSPS) is 22.8. The number of allylic oxidation sites excluding steroid dienone is 2. The minimum atomic E-state index is -1.13. The Hall–Kier alpha value is -2.70. The van der Waals surface area contributed by atoms with Crippen LogP contribution in [0, 0.1) is 11.8 Å². The summed E-state index contributed by atoms with van der Waals surface area (Å²) in [4.78, 5) is 48.8. The van der Waals surface area contributed by atoms with Crippen LogP contribution in [0.15, 0.2) is 34.9 Å². The first-order valence-electron chi connectivity index (χ1n) is 9.59. The van der Waals surface area contributed by atoms with E-state index in [0.29, 0.717) is 11.1 Å². The van der Waals surface area contributed by atoms with Gasteiger partial charge in [-0.1, -0.05) is 26.0 Å². The second-order valence-corrected chi connectivity index (χ2v) is 7.30. The summed E-state index contributed by atoms with van der Waals surface area (Å²) in [6.45, 7) is 11.2. The van der Waals surface area contributed by atoms with Crippen LogP contribution in [0.4, 0.5) is 0 Å². The van der Waals surface area contributed by atoms with Crippen molar-refractivity contribution < 1.29 is 33.4 Å². The Bertz CT molecular complexity index is 755. The summed E-state index contributed by atoms with van der Waals surface area (Å²) in [6, 6.07) is 0. The third-order valence-electron chi connectivity index (χ3n) is 4.84. The first-order valence-corrected chi connectivity index (χ1v) is 9.59. The molecule has 3 atom stereocenters. The van der Waals surface area contributed by atoms with E-state index in [4.69, 9.17) is 14.2 Å². The Morgan fingerprint density at radius 3 is 2.03 bits per heavy atom. The number of ketones is 1. The van der Waals surface area contributed by atoms with Gasteiger partial charge in [0.25, 0.3) is 0 Å². The lowest BCUT2D eigenvalue weighted by molar-refractivity contribution is -0.165. The molecule has 0 aliphatic heterocycles. The Morgan fingerprint density at radius 2 is 1.55 bits per heavy atom. The maximum atomic E-state index is 12.9. The SMILES string of the molecule is C/C=C(\C)C(=O)OCC1=C[C@H](OC(=O)/C(C)=C/C)[C@H](C(C)C)[C@@H](OC(C)=O)C1=O. The van der Waals surface area contributed by atoms with Crippen LogP contribution in [0.1, 0.15) is 48.5 Å². The number of Topliss-reactive ketones (excluding diaryl/α,β-unsaturated/α-hetero) is 1. The third-order valence-corrected chi connectivity index (χ3v) is 4.84. The number of carbonyl (C=O) groups is 4. The lowest BCUT2D eigenvalue weighted by Gasteiger charge is -2.37. The lowest BCUT2D eigenvalue weighted by atomic mass is 9.77. The number of esters is 3. The lowest BCUT2D eigenvalue weighted by Crippen LogP contribution is -2.48. The fraction of sp³-hybridized carbons (Fsp3) is 0.545. The van der Waals surface area contributed by atoms with Crippen LogP contribution in [-0.2, 0) is 33.4 Å². The topological polar surface area (TPSA) is 96.0 Å². The van der Waals surface area contributed by atoms with Crippen LogP contribution in [0.5, 0.6) is 0 Å². The van der Waals surface area contributed by atoms with E-state index in [2.05, 4.69) is 0 Å². The molecule has 160 valence electrons. The van der Waals surface area contributed by atoms with Gasteiger partial charge in [-0.15, -0.1) is 0 Å². The minimum Gasteiger partial charge on any atom is -0.457 e. The zero-order chi connectivity index (χ0) is 22.3. The van der Waals surface area contributed by atoms with Crippen LogP contribution in [0.25, 0.3) is 0 Å². The number of ether oxygens (including phenoxy) is 3. The molecule has 0 saturated heterocycles. The highest BCUT2D eigenvalue weighted by atomic mass is 16.6. The molecule has 7 nitrogen and oxygen atoms in total. The molecule has 0 aromatic carbocycles. The maximum absolute atomic E-state index is 12.9. The zero-order valence-corrected chi connectivity index (χ0v) is 18.1. The van der Waals surface area contributed by atoms with Gasteiger partial charge in [0, 0.05) is 29.6 Å². The van der Waals surface area contributed by atoms with Crippen LogP contribution in [0.2, 0.25) is 0 Å². The number of hydrogen-bond acceptors (Lipinski definition) is 7. The van der Waals surface area contributed by atoms with Gasteiger partial charge in [0.2, 0.25) is 5.78 Å². The summed E-state index contributed by atoms with van der Waals surface area (Å²) in [5.41, 5.74) is 0.942. The average molecular weight is 406 g/mol. The minimum absolute atomic E-state index is 0.126. The van der Waals surface area contributed by atoms with Gasteiger partial charge in [-0.05, 0) is 39.7 Å². The van der Waals surface area contributed by atoms with E-state index >= 15 is 0 Å². The Balaban J connectivity index is 3.28. The molecule has 0 N–H and O–H groups in total. The molecular formula is C22H30O7. The number of hydrogen-bond donors (Lipinski definition) is 0. The van der Waals surface area contributed by atoms with Crippen LogP contribution >= 0.6 is 0 Å². The van der Waals surface area contributed by atoms with Crippen LogP contribution in [-0.4, -0.2) is 42.5 Å². The Kier molecular flexibility index (Phi) is 9.01. The zero-order valence-electron chi connectivity index (χ0n) is 18.1. The average Bonchev–Trinajstić information content (AvgIpc) is 2.66. The fourth-order valence-electron chi connectivity index (χ4n) is 2.90. The predicted octanol–water partition coefficient (Wildman–Crippen LogP) is 3.09. The van der Waals surface area contributed by atoms with E-state index < -0.39 is 41.8 Å². The molecular weight excluding hydrogens is 376 g/mol. The molecule has 0 saturated carbocycles. The summed E-state index contributed by atoms with van der Waals surface area (Å²) in [5, 5.41) is 0. The molecule has 0 aromatic heterocycles. The Morgan fingerprint density at radius 1 is 1.00 bits per heavy atom. The second-order valence-electron chi connectivity index (χ2n) is 7.30. The van der Waals surface area contributed by atoms with Gasteiger partial charge >= 0.3 is 17.9 Å². The molecule has 29 heavy (non-hydrogen) atoms. The van der Waals surface area contributed by atoms with Gasteiger partial charge in [0.1, 0.15) is 12.7 Å². The van der Waals surface area contributed by atoms with E-state index in [0.717, 1.165) is 0 Å². The van der Waals surface area contributed by atoms with Crippen molar-refractivity contribution in [2.45, 2.75) is 60.7 Å². The summed E-state index contributed by atoms with van der Waals surface area (Å²) < 4.78 is 16.1. The van der Waals surface area contributed by atoms with Gasteiger partial charge in [0.05, 0.1) is 0 Å². The van der Waals surface area contributed by atoms with Crippen molar-refractivity contribution in [2.24, 2.45) is 11.8 Å². The molecule has 0 bridgehead atoms. The van der Waals surface area contributed by atoms with Crippen molar-refractivity contribution in [3.8, 4) is 0 Å². The second kappa shape index (κ2) is 10.7. The van der Waals surface area contributed by atoms with Crippen molar-refractivity contribution in [2.75, 3.05) is 6.61 Å². The van der Waals surface area contributed by atoms with Crippen LogP contribution < -0.4 is 0 Å². The van der Waals surface area contributed by atoms with E-state index in [-0.39, 0.29) is 18.1 Å². The number of carbonyl (C=O) groups excluding carboxylic acids is 4. The summed E-state index contributed by atoms with van der Waals surface area (Å²) >= 11 is 0. The summed E-state index contributed by atoms with van der Waals surface area (Å²) in [7, 11) is 0. The van der Waals surface area contributed by atoms with E-state index in [9.17, 15) is 19.2 Å². The fourth-order valence-corrected chi connectivity index (χ4v) is 2.90. The monoisotopic (exact) mass is 406 g/mol. The largest absolute Gasteiger partial charge is 0.457 e. The Labute approximate surface area is 171 Å². The quantitative estimate of drug-likeness (QED) is 0.364. The smallest absolute Gasteiger partial charge is 0.333 e. The van der Waals surface area contributed by atoms with Crippen LogP contribution in [0.3, 0.4) is 0 Å². The van der Waals surface area contributed by atoms with Crippen molar-refractivity contribution >= 4 is 23.7 Å². The third kappa shape index (κ3) is 6.41. The van der Waals surface area contributed by atoms with Gasteiger partial charge in [-0.3, -0.25) is 9.59 Å². The van der Waals surface area contributed by atoms with Gasteiger partial charge < -0.3 is 14.2 Å². The first-order chi connectivity index (χ1) is 13.5. The molecule has 1 aliphatic rings. The molecule has 0 unspecified atom stereocenters. The van der Waals surface area contributed by atoms with Crippen molar-refractivity contribution in [3.05, 3.63) is 34.9 Å². The molecule has 0 fully saturated rings. The van der Waals surface area contributed by atoms with E-state index in [1.54, 1.807) is 39.8 Å². The van der Waals surface area contributed by atoms with Crippen molar-refractivity contribution in [1.29, 1.82) is 0 Å². The molecule has 0 spiro atoms. The van der Waals surface area contributed by atoms with Crippen molar-refractivity contribution in [1.82, 2.24) is 0 Å². The molecule has 0 heterocycles. The molecule has 1 aliphatic carbocycles. The summed E-state index contributed by atoms with van der Waals surface area (Å²) in [5.74, 6) is -2.85. The maximum Gasteiger partial charge on any atom is 0.333 e. The van der Waals surface area contributed by atoms with E-state index in [1.165, 1.54) is 13.0 Å². The standard InChI is InChI=1S/C22H30O7/c1-8-13(5)21(25)27-11-16-10-17(29-22(26)14(6)9-2)18(12(3)4)20(19(16)24)28-15(7)23/h8-10,12,17-18,20H,11H2,1-7H3/b13-8+,14-9+/t17-,18-,20+/m0/s1.